The van der Waals surface area contributed by atoms with Gasteiger partial charge in [-0.05, 0) is 84.9 Å². The number of carbonyl (C=O) groups excluding carboxylic acids is 4. The van der Waals surface area contributed by atoms with E-state index in [4.69, 9.17) is 18.9 Å². The van der Waals surface area contributed by atoms with Gasteiger partial charge in [0.05, 0.1) is 30.5 Å². The number of allylic oxidation sites excluding steroid dienone is 1. The molecule has 3 aliphatic heterocycles. The molecule has 2 aromatic rings. The molecule has 1 saturated heterocycles. The SMILES string of the molecule is CCOC(=O)[C@@]12CC[C@H]1/C=C\CCCCC[C@H](NC(=O)OC(C)(C)C)C(=O)N1C[C@@]3(CC(O)c4c(c(C)nc5ccc(OCC(F)(F)F)cc45)O3)C[C@H]1C(=O)N2. The molecule has 1 spiro atoms. The second-order valence-electron chi connectivity index (χ2n) is 16.3. The zero-order chi connectivity index (χ0) is 40.6. The van der Waals surface area contributed by atoms with Crippen LogP contribution in [0.1, 0.15) is 103 Å². The topological polar surface area (TPSA) is 166 Å². The molecule has 56 heavy (non-hydrogen) atoms. The van der Waals surface area contributed by atoms with Gasteiger partial charge in [0.25, 0.3) is 0 Å². The number of carbonyl (C=O) groups is 4. The Morgan fingerprint density at radius 1 is 1.12 bits per heavy atom. The van der Waals surface area contributed by atoms with E-state index in [9.17, 15) is 37.5 Å². The van der Waals surface area contributed by atoms with Gasteiger partial charge in [-0.15, -0.1) is 0 Å². The van der Waals surface area contributed by atoms with E-state index in [1.165, 1.54) is 23.1 Å². The molecule has 1 unspecified atom stereocenters. The molecule has 16 heteroatoms. The van der Waals surface area contributed by atoms with Crippen LogP contribution in [0, 0.1) is 12.8 Å². The van der Waals surface area contributed by atoms with E-state index in [1.807, 2.05) is 12.2 Å². The summed E-state index contributed by atoms with van der Waals surface area (Å²) in [6.07, 6.45) is 1.24. The molecule has 306 valence electrons. The molecule has 0 bridgehead atoms. The van der Waals surface area contributed by atoms with Gasteiger partial charge in [-0.2, -0.15) is 13.2 Å². The van der Waals surface area contributed by atoms with Crippen molar-refractivity contribution in [1.29, 1.82) is 0 Å². The molecule has 3 N–H and O–H groups in total. The van der Waals surface area contributed by atoms with Crippen LogP contribution in [0.15, 0.2) is 30.4 Å². The Morgan fingerprint density at radius 3 is 2.57 bits per heavy atom. The van der Waals surface area contributed by atoms with Crippen LogP contribution in [0.4, 0.5) is 18.0 Å². The fourth-order valence-corrected chi connectivity index (χ4v) is 8.28. The predicted molar refractivity (Wildman–Crippen MR) is 197 cm³/mol. The number of esters is 1. The first-order valence-electron chi connectivity index (χ1n) is 19.3. The van der Waals surface area contributed by atoms with Crippen molar-refractivity contribution in [1.82, 2.24) is 20.5 Å². The summed E-state index contributed by atoms with van der Waals surface area (Å²) in [6.45, 7) is 6.89. The van der Waals surface area contributed by atoms with E-state index in [0.717, 1.165) is 19.3 Å². The summed E-state index contributed by atoms with van der Waals surface area (Å²) in [4.78, 5) is 61.9. The van der Waals surface area contributed by atoms with E-state index in [0.29, 0.717) is 41.4 Å². The molecule has 6 rings (SSSR count). The Morgan fingerprint density at radius 2 is 1.89 bits per heavy atom. The maximum absolute atomic E-state index is 14.7. The minimum atomic E-state index is -4.56. The maximum atomic E-state index is 14.7. The normalized spacial score (nSPS) is 29.0. The molecule has 2 fully saturated rings. The average Bonchev–Trinajstić information content (AvgIpc) is 3.46. The number of hydrogen-bond acceptors (Lipinski definition) is 10. The van der Waals surface area contributed by atoms with Crippen molar-refractivity contribution in [2.75, 3.05) is 19.8 Å². The van der Waals surface area contributed by atoms with Crippen molar-refractivity contribution in [3.05, 3.63) is 41.6 Å². The van der Waals surface area contributed by atoms with Crippen LogP contribution < -0.4 is 20.1 Å². The number of pyridine rings is 1. The fraction of sp³-hybridized carbons (Fsp3) is 0.625. The van der Waals surface area contributed by atoms with Gasteiger partial charge in [-0.3, -0.25) is 9.59 Å². The summed E-state index contributed by atoms with van der Waals surface area (Å²) in [5, 5.41) is 17.9. The molecule has 1 aromatic heterocycles. The van der Waals surface area contributed by atoms with Crippen LogP contribution in [0.2, 0.25) is 0 Å². The van der Waals surface area contributed by atoms with Crippen molar-refractivity contribution in [3.63, 3.8) is 0 Å². The molecule has 6 atom stereocenters. The van der Waals surface area contributed by atoms with Crippen LogP contribution in [0.3, 0.4) is 0 Å². The Bertz CT molecular complexity index is 1880. The second kappa shape index (κ2) is 15.7. The molecule has 13 nitrogen and oxygen atoms in total. The predicted octanol–water partition coefficient (Wildman–Crippen LogP) is 5.88. The highest BCUT2D eigenvalue weighted by molar-refractivity contribution is 5.96. The van der Waals surface area contributed by atoms with E-state index < -0.39 is 71.6 Å². The first-order valence-corrected chi connectivity index (χ1v) is 19.3. The Labute approximate surface area is 323 Å². The highest BCUT2D eigenvalue weighted by atomic mass is 19.4. The highest BCUT2D eigenvalue weighted by Gasteiger charge is 2.59. The number of alkyl halides is 3. The average molecular weight is 789 g/mol. The molecular formula is C40H51F3N4O9. The molecular weight excluding hydrogens is 737 g/mol. The molecule has 1 aliphatic carbocycles. The van der Waals surface area contributed by atoms with E-state index >= 15 is 0 Å². The Hall–Kier alpha value is -4.60. The van der Waals surface area contributed by atoms with Crippen LogP contribution in [-0.4, -0.2) is 93.6 Å². The number of fused-ring (bicyclic) bond motifs is 5. The van der Waals surface area contributed by atoms with Crippen molar-refractivity contribution in [2.24, 2.45) is 5.92 Å². The lowest BCUT2D eigenvalue weighted by Crippen LogP contribution is -2.67. The van der Waals surface area contributed by atoms with Crippen LogP contribution in [0.25, 0.3) is 10.9 Å². The first-order chi connectivity index (χ1) is 26.3. The summed E-state index contributed by atoms with van der Waals surface area (Å²) < 4.78 is 61.6. The van der Waals surface area contributed by atoms with Crippen LogP contribution in [-0.2, 0) is 23.9 Å². The number of amides is 3. The number of rotatable bonds is 5. The summed E-state index contributed by atoms with van der Waals surface area (Å²) in [5.41, 5.74) is -2.46. The zero-order valence-electron chi connectivity index (χ0n) is 32.4. The van der Waals surface area contributed by atoms with Gasteiger partial charge in [-0.25, -0.2) is 14.6 Å². The molecule has 4 heterocycles. The number of aryl methyl sites for hydroxylation is 1. The number of hydrogen-bond donors (Lipinski definition) is 3. The smallest absolute Gasteiger partial charge is 0.422 e. The van der Waals surface area contributed by atoms with E-state index in [-0.39, 0.29) is 49.8 Å². The van der Waals surface area contributed by atoms with E-state index in [1.54, 1.807) is 34.6 Å². The number of halogens is 3. The Kier molecular flexibility index (Phi) is 11.5. The molecule has 4 aliphatic rings. The van der Waals surface area contributed by atoms with Crippen molar-refractivity contribution >= 4 is 34.8 Å². The third-order valence-corrected chi connectivity index (χ3v) is 10.9. The number of ether oxygens (including phenoxy) is 4. The largest absolute Gasteiger partial charge is 0.484 e. The van der Waals surface area contributed by atoms with Crippen molar-refractivity contribution in [3.8, 4) is 11.5 Å². The maximum Gasteiger partial charge on any atom is 0.422 e. The molecule has 1 aromatic carbocycles. The summed E-state index contributed by atoms with van der Waals surface area (Å²) in [5.74, 6) is -1.97. The van der Waals surface area contributed by atoms with Gasteiger partial charge in [-0.1, -0.05) is 25.0 Å². The quantitative estimate of drug-likeness (QED) is 0.246. The number of benzene rings is 1. The minimum Gasteiger partial charge on any atom is -0.484 e. The third kappa shape index (κ3) is 8.69. The number of nitrogens with zero attached hydrogens (tertiary/aromatic N) is 2. The van der Waals surface area contributed by atoms with E-state index in [2.05, 4.69) is 15.6 Å². The standard InChI is InChI=1S/C40H51F3N4O9/c1-6-53-35(51)39-17-16-24(39)12-10-8-7-9-11-13-28(45-36(52)56-37(3,4)5)34(50)47-21-38(19-29(47)33(49)46-39)20-30(48)31-26-18-25(54-22-40(41,42)43)14-15-27(26)44-23(2)32(31)55-38/h10,12,14-15,18,24,28-30,48H,6-9,11,13,16-17,19-22H2,1-5H3,(H,45,52)(H,46,49)/b12-10-/t24-,28+,29+,30?,38+,39-/m1/s1. The van der Waals surface area contributed by atoms with Gasteiger partial charge in [0.15, 0.2) is 6.61 Å². The summed E-state index contributed by atoms with van der Waals surface area (Å²) in [7, 11) is 0. The van der Waals surface area contributed by atoms with Gasteiger partial charge < -0.3 is 39.6 Å². The van der Waals surface area contributed by atoms with Crippen LogP contribution >= 0.6 is 0 Å². The third-order valence-electron chi connectivity index (χ3n) is 10.9. The molecule has 0 radical (unpaired) electrons. The number of aromatic nitrogens is 1. The van der Waals surface area contributed by atoms with Gasteiger partial charge in [0.2, 0.25) is 11.8 Å². The monoisotopic (exact) mass is 788 g/mol. The van der Waals surface area contributed by atoms with Gasteiger partial charge in [0.1, 0.15) is 40.3 Å². The zero-order valence-corrected chi connectivity index (χ0v) is 32.4. The number of aliphatic hydroxyl groups is 1. The fourth-order valence-electron chi connectivity index (χ4n) is 8.28. The number of nitrogens with one attached hydrogen (secondary N) is 2. The molecule has 3 amide bonds. The van der Waals surface area contributed by atoms with Gasteiger partial charge in [0, 0.05) is 29.7 Å². The number of aliphatic hydroxyl groups excluding tert-OH is 1. The van der Waals surface area contributed by atoms with Crippen LogP contribution in [0.5, 0.6) is 11.5 Å². The van der Waals surface area contributed by atoms with Crippen molar-refractivity contribution < 1.29 is 56.4 Å². The summed E-state index contributed by atoms with van der Waals surface area (Å²) >= 11 is 0. The lowest BCUT2D eigenvalue weighted by Gasteiger charge is -2.47. The second-order valence-corrected chi connectivity index (χ2v) is 16.3. The molecule has 1 saturated carbocycles. The first kappa shape index (κ1) is 41.0. The summed E-state index contributed by atoms with van der Waals surface area (Å²) in [6, 6.07) is 1.97. The van der Waals surface area contributed by atoms with Gasteiger partial charge >= 0.3 is 18.2 Å². The number of alkyl carbamates (subject to hydrolysis) is 1. The minimum absolute atomic E-state index is 0.0765. The van der Waals surface area contributed by atoms with Crippen molar-refractivity contribution in [2.45, 2.75) is 134 Å². The lowest BCUT2D eigenvalue weighted by molar-refractivity contribution is -0.161. The highest BCUT2D eigenvalue weighted by Crippen LogP contribution is 2.50. The Balaban J connectivity index is 1.38. The lowest BCUT2D eigenvalue weighted by atomic mass is 9.66.